The topological polar surface area (TPSA) is 69.9 Å². The van der Waals surface area contributed by atoms with Gasteiger partial charge in [-0.1, -0.05) is 30.3 Å². The van der Waals surface area contributed by atoms with Gasteiger partial charge in [0.25, 0.3) is 0 Å². The van der Waals surface area contributed by atoms with Crippen LogP contribution in [-0.2, 0) is 0 Å². The van der Waals surface area contributed by atoms with E-state index in [1.807, 2.05) is 31.2 Å². The van der Waals surface area contributed by atoms with E-state index in [-0.39, 0.29) is 0 Å². The highest BCUT2D eigenvalue weighted by Gasteiger charge is 2.06. The average molecular weight is 343 g/mol. The Balaban J connectivity index is 0.00000100. The lowest BCUT2D eigenvalue weighted by atomic mass is 10.0. The molecule has 0 fully saturated rings. The quantitative estimate of drug-likeness (QED) is 0.636. The summed E-state index contributed by atoms with van der Waals surface area (Å²) in [5.74, 6) is 8.00. The van der Waals surface area contributed by atoms with Gasteiger partial charge in [0.1, 0.15) is 0 Å². The second-order valence-electron chi connectivity index (χ2n) is 5.85. The molecule has 0 amide bonds. The minimum absolute atomic E-state index is 1.04. The third-order valence-corrected chi connectivity index (χ3v) is 4.97. The van der Waals surface area contributed by atoms with Gasteiger partial charge in [-0.15, -0.1) is 0 Å². The van der Waals surface area contributed by atoms with Crippen LogP contribution < -0.4 is 11.7 Å². The van der Waals surface area contributed by atoms with Crippen molar-refractivity contribution < 1.29 is 0 Å². The monoisotopic (exact) mass is 342 g/mol. The van der Waals surface area contributed by atoms with Crippen LogP contribution in [0.1, 0.15) is 37.8 Å². The molecule has 0 saturated heterocycles. The van der Waals surface area contributed by atoms with Gasteiger partial charge in [0.05, 0.1) is 12.0 Å². The molecule has 24 heavy (non-hydrogen) atoms. The molecule has 0 atom stereocenters. The highest BCUT2D eigenvalue weighted by Crippen LogP contribution is 2.33. The first-order valence-electron chi connectivity index (χ1n) is 8.21. The maximum Gasteiger partial charge on any atom is 0.0995 e. The third-order valence-electron chi connectivity index (χ3n) is 3.88. The van der Waals surface area contributed by atoms with Gasteiger partial charge in [0.2, 0.25) is 0 Å². The van der Waals surface area contributed by atoms with Crippen LogP contribution in [0.4, 0.5) is 0 Å². The molecule has 0 saturated carbocycles. The zero-order chi connectivity index (χ0) is 17.4. The van der Waals surface area contributed by atoms with Crippen molar-refractivity contribution in [3.05, 3.63) is 65.6 Å². The zero-order valence-electron chi connectivity index (χ0n) is 14.2. The van der Waals surface area contributed by atoms with Crippen LogP contribution in [0.5, 0.6) is 0 Å². The average Bonchev–Trinajstić information content (AvgIpc) is 3.01. The zero-order valence-corrected chi connectivity index (χ0v) is 15.1. The molecule has 0 radical (unpaired) electrons. The van der Waals surface area contributed by atoms with E-state index in [0.29, 0.717) is 0 Å². The number of aryl methyl sites for hydroxylation is 1. The second kappa shape index (κ2) is 9.47. The molecular formula is C19H26N4S. The molecule has 1 aromatic carbocycles. The van der Waals surface area contributed by atoms with Crippen molar-refractivity contribution >= 4 is 11.8 Å². The molecule has 5 heteroatoms. The van der Waals surface area contributed by atoms with Crippen molar-refractivity contribution in [2.24, 2.45) is 11.7 Å². The SMILES string of the molecule is C=C1/C=C(/Sc2ccc(-n3cnc(C)c3)cc2)CCCCC1.NN. The summed E-state index contributed by atoms with van der Waals surface area (Å²) in [6, 6.07) is 8.69. The van der Waals surface area contributed by atoms with E-state index in [9.17, 15) is 0 Å². The Hall–Kier alpha value is -1.82. The number of nitrogens with two attached hydrogens (primary N) is 2. The highest BCUT2D eigenvalue weighted by atomic mass is 32.2. The van der Waals surface area contributed by atoms with E-state index in [0.717, 1.165) is 17.8 Å². The van der Waals surface area contributed by atoms with Crippen LogP contribution in [0.25, 0.3) is 5.69 Å². The minimum Gasteiger partial charge on any atom is -0.306 e. The smallest absolute Gasteiger partial charge is 0.0995 e. The molecule has 128 valence electrons. The molecule has 0 spiro atoms. The molecule has 0 aliphatic heterocycles. The largest absolute Gasteiger partial charge is 0.306 e. The lowest BCUT2D eigenvalue weighted by Gasteiger charge is -2.12. The Morgan fingerprint density at radius 1 is 1.08 bits per heavy atom. The van der Waals surface area contributed by atoms with E-state index in [4.69, 9.17) is 0 Å². The summed E-state index contributed by atoms with van der Waals surface area (Å²) in [4.78, 5) is 7.01. The number of rotatable bonds is 3. The maximum atomic E-state index is 4.28. The van der Waals surface area contributed by atoms with Gasteiger partial charge in [0.15, 0.2) is 0 Å². The van der Waals surface area contributed by atoms with Gasteiger partial charge >= 0.3 is 0 Å². The molecule has 1 aliphatic carbocycles. The number of benzene rings is 1. The summed E-state index contributed by atoms with van der Waals surface area (Å²) < 4.78 is 2.06. The fourth-order valence-corrected chi connectivity index (χ4v) is 3.73. The van der Waals surface area contributed by atoms with E-state index in [1.54, 1.807) is 0 Å². The normalized spacial score (nSPS) is 17.1. The summed E-state index contributed by atoms with van der Waals surface area (Å²) in [5.41, 5.74) is 3.46. The summed E-state index contributed by atoms with van der Waals surface area (Å²) in [6.07, 6.45) is 12.4. The van der Waals surface area contributed by atoms with Crippen LogP contribution in [0.2, 0.25) is 0 Å². The van der Waals surface area contributed by atoms with Crippen LogP contribution >= 0.6 is 11.8 Å². The van der Waals surface area contributed by atoms with Gasteiger partial charge in [-0.2, -0.15) is 0 Å². The summed E-state index contributed by atoms with van der Waals surface area (Å²) in [5, 5.41) is 0. The highest BCUT2D eigenvalue weighted by molar-refractivity contribution is 8.03. The lowest BCUT2D eigenvalue weighted by Crippen LogP contribution is -2.02. The van der Waals surface area contributed by atoms with E-state index in [2.05, 4.69) is 58.2 Å². The van der Waals surface area contributed by atoms with Crippen LogP contribution in [-0.4, -0.2) is 9.55 Å². The summed E-state index contributed by atoms with van der Waals surface area (Å²) >= 11 is 1.88. The molecule has 1 heterocycles. The molecule has 0 bridgehead atoms. The molecule has 1 aliphatic rings. The van der Waals surface area contributed by atoms with E-state index in [1.165, 1.54) is 41.1 Å². The van der Waals surface area contributed by atoms with Crippen molar-refractivity contribution in [3.8, 4) is 5.69 Å². The van der Waals surface area contributed by atoms with Crippen molar-refractivity contribution in [2.75, 3.05) is 0 Å². The predicted octanol–water partition coefficient (Wildman–Crippen LogP) is 4.50. The van der Waals surface area contributed by atoms with E-state index >= 15 is 0 Å². The molecule has 0 unspecified atom stereocenters. The second-order valence-corrected chi connectivity index (χ2v) is 7.05. The van der Waals surface area contributed by atoms with Gasteiger partial charge in [-0.05, 0) is 67.9 Å². The van der Waals surface area contributed by atoms with Crippen LogP contribution in [0.15, 0.2) is 64.8 Å². The van der Waals surface area contributed by atoms with Crippen molar-refractivity contribution in [3.63, 3.8) is 0 Å². The number of thioether (sulfide) groups is 1. The number of hydrazine groups is 1. The van der Waals surface area contributed by atoms with Gasteiger partial charge < -0.3 is 4.57 Å². The third kappa shape index (κ3) is 5.37. The fourth-order valence-electron chi connectivity index (χ4n) is 2.68. The Labute approximate surface area is 148 Å². The van der Waals surface area contributed by atoms with E-state index < -0.39 is 0 Å². The number of imidazole rings is 1. The summed E-state index contributed by atoms with van der Waals surface area (Å²) in [6.45, 7) is 6.17. The fraction of sp³-hybridized carbons (Fsp3) is 0.316. The first-order valence-corrected chi connectivity index (χ1v) is 9.03. The first kappa shape index (κ1) is 18.5. The number of aromatic nitrogens is 2. The van der Waals surface area contributed by atoms with Crippen molar-refractivity contribution in [1.82, 2.24) is 9.55 Å². The molecule has 2 aromatic rings. The Morgan fingerprint density at radius 2 is 1.79 bits per heavy atom. The molecular weight excluding hydrogens is 316 g/mol. The van der Waals surface area contributed by atoms with Crippen LogP contribution in [0, 0.1) is 6.92 Å². The minimum atomic E-state index is 1.04. The molecule has 4 N–H and O–H groups in total. The molecule has 3 rings (SSSR count). The lowest BCUT2D eigenvalue weighted by molar-refractivity contribution is 0.676. The number of hydrogen-bond acceptors (Lipinski definition) is 4. The molecule has 1 aromatic heterocycles. The summed E-state index contributed by atoms with van der Waals surface area (Å²) in [7, 11) is 0. The first-order chi connectivity index (χ1) is 11.7. The number of hydrogen-bond donors (Lipinski definition) is 2. The molecule has 4 nitrogen and oxygen atoms in total. The van der Waals surface area contributed by atoms with Gasteiger partial charge in [-0.3, -0.25) is 11.7 Å². The van der Waals surface area contributed by atoms with Gasteiger partial charge in [0, 0.05) is 16.8 Å². The Morgan fingerprint density at radius 3 is 2.46 bits per heavy atom. The maximum absolute atomic E-state index is 4.28. The predicted molar refractivity (Wildman–Crippen MR) is 103 cm³/mol. The van der Waals surface area contributed by atoms with Crippen molar-refractivity contribution in [2.45, 2.75) is 43.9 Å². The standard InChI is InChI=1S/C19H22N2S.H4N2/c1-15-6-4-3-5-7-19(12-15)22-18-10-8-17(9-11-18)21-13-16(2)20-14-21;1-2/h8-14H,1,3-7H2,2H3;1-2H2/b19-12+;. The Bertz CT molecular complexity index is 686. The Kier molecular flexibility index (Phi) is 7.31. The number of allylic oxidation sites excluding steroid dienone is 3. The van der Waals surface area contributed by atoms with Crippen LogP contribution in [0.3, 0.4) is 0 Å². The van der Waals surface area contributed by atoms with Gasteiger partial charge in [-0.25, -0.2) is 4.98 Å². The van der Waals surface area contributed by atoms with Crippen molar-refractivity contribution in [1.29, 1.82) is 0 Å². The number of nitrogens with zero attached hydrogens (tertiary/aromatic N) is 2.